The van der Waals surface area contributed by atoms with Crippen LogP contribution >= 0.6 is 0 Å². The minimum absolute atomic E-state index is 0.294. The Labute approximate surface area is 105 Å². The van der Waals surface area contributed by atoms with Gasteiger partial charge in [0.25, 0.3) is 0 Å². The van der Waals surface area contributed by atoms with Crippen molar-refractivity contribution in [2.24, 2.45) is 5.92 Å². The molecule has 0 bridgehead atoms. The van der Waals surface area contributed by atoms with E-state index in [2.05, 4.69) is 10.3 Å². The number of anilines is 1. The normalized spacial score (nSPS) is 12.8. The highest BCUT2D eigenvalue weighted by Gasteiger charge is 2.20. The first kappa shape index (κ1) is 12.4. The Bertz CT molecular complexity index is 548. The van der Waals surface area contributed by atoms with E-state index in [1.807, 2.05) is 13.8 Å². The lowest BCUT2D eigenvalue weighted by molar-refractivity contribution is -0.138. The molecule has 0 radical (unpaired) electrons. The number of hydrogen-bond donors (Lipinski definition) is 2. The molecule has 0 aromatic carbocycles. The van der Waals surface area contributed by atoms with E-state index in [9.17, 15) is 9.90 Å². The zero-order chi connectivity index (χ0) is 13.1. The van der Waals surface area contributed by atoms with Crippen LogP contribution in [0.3, 0.4) is 0 Å². The maximum absolute atomic E-state index is 11.2. The second-order valence-electron chi connectivity index (χ2n) is 4.66. The van der Waals surface area contributed by atoms with Crippen molar-refractivity contribution in [1.82, 2.24) is 4.98 Å². The van der Waals surface area contributed by atoms with Gasteiger partial charge in [0.15, 0.2) is 0 Å². The van der Waals surface area contributed by atoms with Crippen LogP contribution in [0.5, 0.6) is 0 Å². The minimum atomic E-state index is -0.869. The molecule has 0 fully saturated rings. The molecule has 0 aliphatic rings. The number of carboxylic acid groups (broad SMARTS) is 1. The smallest absolute Gasteiger partial charge is 0.326 e. The molecule has 2 aromatic heterocycles. The Balaban J connectivity index is 2.25. The number of fused-ring (bicyclic) bond motifs is 1. The topological polar surface area (TPSA) is 75.4 Å². The predicted octanol–water partition coefficient (Wildman–Crippen LogP) is 2.74. The average Bonchev–Trinajstić information content (AvgIpc) is 2.76. The summed E-state index contributed by atoms with van der Waals surface area (Å²) in [5, 5.41) is 13.0. The monoisotopic (exact) mass is 248 g/mol. The van der Waals surface area contributed by atoms with Crippen molar-refractivity contribution in [3.05, 3.63) is 24.6 Å². The Hall–Kier alpha value is -2.04. The van der Waals surface area contributed by atoms with Gasteiger partial charge >= 0.3 is 5.97 Å². The Morgan fingerprint density at radius 3 is 2.94 bits per heavy atom. The van der Waals surface area contributed by atoms with Gasteiger partial charge in [-0.05, 0) is 24.5 Å². The van der Waals surface area contributed by atoms with Crippen molar-refractivity contribution in [3.8, 4) is 0 Å². The summed E-state index contributed by atoms with van der Waals surface area (Å²) in [7, 11) is 0. The molecule has 1 atom stereocenters. The lowest BCUT2D eigenvalue weighted by Gasteiger charge is -2.17. The van der Waals surface area contributed by atoms with Crippen LogP contribution in [-0.2, 0) is 4.79 Å². The van der Waals surface area contributed by atoms with Gasteiger partial charge in [-0.3, -0.25) is 0 Å². The molecule has 5 heteroatoms. The Morgan fingerprint density at radius 2 is 2.28 bits per heavy atom. The van der Waals surface area contributed by atoms with Crippen LogP contribution in [0, 0.1) is 5.92 Å². The first-order chi connectivity index (χ1) is 8.58. The van der Waals surface area contributed by atoms with Crippen molar-refractivity contribution >= 4 is 22.8 Å². The zero-order valence-corrected chi connectivity index (χ0v) is 10.4. The summed E-state index contributed by atoms with van der Waals surface area (Å²) in [4.78, 5) is 15.4. The van der Waals surface area contributed by atoms with E-state index in [1.54, 1.807) is 24.6 Å². The zero-order valence-electron chi connectivity index (χ0n) is 10.4. The molecule has 0 saturated carbocycles. The fourth-order valence-corrected chi connectivity index (χ4v) is 1.87. The van der Waals surface area contributed by atoms with Crippen molar-refractivity contribution < 1.29 is 14.3 Å². The van der Waals surface area contributed by atoms with Gasteiger partial charge in [-0.2, -0.15) is 0 Å². The number of aromatic nitrogens is 1. The Morgan fingerprint density at radius 1 is 1.50 bits per heavy atom. The number of pyridine rings is 1. The molecule has 1 unspecified atom stereocenters. The molecule has 2 rings (SSSR count). The summed E-state index contributed by atoms with van der Waals surface area (Å²) in [6.45, 7) is 3.98. The summed E-state index contributed by atoms with van der Waals surface area (Å²) in [5.74, 6) is -0.0255. The van der Waals surface area contributed by atoms with Crippen LogP contribution in [0.15, 0.2) is 29.0 Å². The maximum atomic E-state index is 11.2. The van der Waals surface area contributed by atoms with Crippen molar-refractivity contribution in [2.75, 3.05) is 5.32 Å². The van der Waals surface area contributed by atoms with Crippen LogP contribution in [-0.4, -0.2) is 22.1 Å². The molecule has 2 heterocycles. The van der Waals surface area contributed by atoms with Gasteiger partial charge in [-0.1, -0.05) is 13.8 Å². The van der Waals surface area contributed by atoms with Crippen LogP contribution in [0.4, 0.5) is 5.82 Å². The lowest BCUT2D eigenvalue weighted by Crippen LogP contribution is -2.31. The van der Waals surface area contributed by atoms with Gasteiger partial charge in [-0.15, -0.1) is 0 Å². The van der Waals surface area contributed by atoms with Gasteiger partial charge in [0.2, 0.25) is 0 Å². The van der Waals surface area contributed by atoms with E-state index >= 15 is 0 Å². The van der Waals surface area contributed by atoms with Crippen molar-refractivity contribution in [2.45, 2.75) is 26.3 Å². The predicted molar refractivity (Wildman–Crippen MR) is 68.5 cm³/mol. The molecule has 5 nitrogen and oxygen atoms in total. The van der Waals surface area contributed by atoms with Crippen molar-refractivity contribution in [1.29, 1.82) is 0 Å². The lowest BCUT2D eigenvalue weighted by atomic mass is 10.0. The number of nitrogens with zero attached hydrogens (tertiary/aromatic N) is 1. The number of carbonyl (C=O) groups is 1. The van der Waals surface area contributed by atoms with E-state index in [1.165, 1.54) is 0 Å². The summed E-state index contributed by atoms with van der Waals surface area (Å²) >= 11 is 0. The second-order valence-corrected chi connectivity index (χ2v) is 4.66. The number of furan rings is 1. The highest BCUT2D eigenvalue weighted by atomic mass is 16.4. The van der Waals surface area contributed by atoms with Crippen LogP contribution in [0.2, 0.25) is 0 Å². The molecule has 2 aromatic rings. The van der Waals surface area contributed by atoms with Gasteiger partial charge in [0.1, 0.15) is 17.4 Å². The van der Waals surface area contributed by atoms with Crippen LogP contribution < -0.4 is 5.32 Å². The number of rotatable bonds is 5. The molecule has 0 amide bonds. The summed E-state index contributed by atoms with van der Waals surface area (Å²) in [5.41, 5.74) is 0.696. The van der Waals surface area contributed by atoms with Crippen LogP contribution in [0.25, 0.3) is 11.0 Å². The van der Waals surface area contributed by atoms with Gasteiger partial charge < -0.3 is 14.8 Å². The van der Waals surface area contributed by atoms with E-state index in [0.29, 0.717) is 23.7 Å². The van der Waals surface area contributed by atoms with Crippen molar-refractivity contribution in [3.63, 3.8) is 0 Å². The first-order valence-corrected chi connectivity index (χ1v) is 5.89. The summed E-state index contributed by atoms with van der Waals surface area (Å²) in [6.07, 6.45) is 3.71. The average molecular weight is 248 g/mol. The van der Waals surface area contributed by atoms with E-state index < -0.39 is 12.0 Å². The molecule has 0 aliphatic carbocycles. The minimum Gasteiger partial charge on any atom is -0.480 e. The molecule has 0 spiro atoms. The third-order valence-corrected chi connectivity index (χ3v) is 2.70. The van der Waals surface area contributed by atoms with Gasteiger partial charge in [-0.25, -0.2) is 9.78 Å². The highest BCUT2D eigenvalue weighted by Crippen LogP contribution is 2.23. The number of carboxylic acids is 1. The van der Waals surface area contributed by atoms with E-state index in [-0.39, 0.29) is 0 Å². The standard InChI is InChI=1S/C13H16N2O3/c1-8(2)7-10(13(16)17)15-12-9-4-6-18-11(9)3-5-14-12/h3-6,8,10H,7H2,1-2H3,(H,14,15)(H,16,17). The molecule has 96 valence electrons. The van der Waals surface area contributed by atoms with Crippen LogP contribution in [0.1, 0.15) is 20.3 Å². The quantitative estimate of drug-likeness (QED) is 0.850. The molecular weight excluding hydrogens is 232 g/mol. The molecule has 18 heavy (non-hydrogen) atoms. The third kappa shape index (κ3) is 2.61. The molecule has 0 saturated heterocycles. The second kappa shape index (κ2) is 5.08. The molecule has 0 aliphatic heterocycles. The number of nitrogens with one attached hydrogen (secondary N) is 1. The fourth-order valence-electron chi connectivity index (χ4n) is 1.87. The van der Waals surface area contributed by atoms with E-state index in [4.69, 9.17) is 4.42 Å². The fraction of sp³-hybridized carbons (Fsp3) is 0.385. The third-order valence-electron chi connectivity index (χ3n) is 2.70. The van der Waals surface area contributed by atoms with Gasteiger partial charge in [0, 0.05) is 6.20 Å². The molecular formula is C13H16N2O3. The first-order valence-electron chi connectivity index (χ1n) is 5.89. The Kier molecular flexibility index (Phi) is 3.50. The maximum Gasteiger partial charge on any atom is 0.326 e. The van der Waals surface area contributed by atoms with E-state index in [0.717, 1.165) is 5.39 Å². The molecule has 2 N–H and O–H groups in total. The highest BCUT2D eigenvalue weighted by molar-refractivity contribution is 5.89. The SMILES string of the molecule is CC(C)CC(Nc1nccc2occc12)C(=O)O. The summed E-state index contributed by atoms with van der Waals surface area (Å²) in [6, 6.07) is 2.88. The summed E-state index contributed by atoms with van der Waals surface area (Å²) < 4.78 is 5.25. The largest absolute Gasteiger partial charge is 0.480 e. The number of hydrogen-bond acceptors (Lipinski definition) is 4. The number of aliphatic carboxylic acids is 1. The van der Waals surface area contributed by atoms with Gasteiger partial charge in [0.05, 0.1) is 11.6 Å².